The van der Waals surface area contributed by atoms with Crippen molar-refractivity contribution in [3.8, 4) is 5.75 Å². The number of hydrogen-bond donors (Lipinski definition) is 1. The largest absolute Gasteiger partial charge is 0.497 e. The highest BCUT2D eigenvalue weighted by Gasteiger charge is 2.23. The second-order valence-corrected chi connectivity index (χ2v) is 5.42. The lowest BCUT2D eigenvalue weighted by Gasteiger charge is -2.24. The topological polar surface area (TPSA) is 29.5 Å². The van der Waals surface area contributed by atoms with E-state index < -0.39 is 5.60 Å². The maximum atomic E-state index is 10.6. The molecule has 1 unspecified atom stereocenters. The van der Waals surface area contributed by atoms with Crippen LogP contribution in [0.25, 0.3) is 0 Å². The summed E-state index contributed by atoms with van der Waals surface area (Å²) in [5.74, 6) is 0.781. The molecule has 2 nitrogen and oxygen atoms in total. The van der Waals surface area contributed by atoms with E-state index in [9.17, 15) is 5.11 Å². The van der Waals surface area contributed by atoms with Crippen molar-refractivity contribution in [2.45, 2.75) is 25.4 Å². The number of aryl methyl sites for hydroxylation is 1. The van der Waals surface area contributed by atoms with Crippen molar-refractivity contribution in [1.82, 2.24) is 0 Å². The van der Waals surface area contributed by atoms with Gasteiger partial charge in [-0.25, -0.2) is 0 Å². The fraction of sp³-hybridized carbons (Fsp3) is 0.333. The van der Waals surface area contributed by atoms with Crippen molar-refractivity contribution >= 4 is 11.3 Å². The molecule has 0 fully saturated rings. The average Bonchev–Trinajstić information content (AvgIpc) is 2.90. The molecule has 0 aliphatic rings. The van der Waals surface area contributed by atoms with Crippen LogP contribution in [0.1, 0.15) is 24.5 Å². The van der Waals surface area contributed by atoms with E-state index in [1.54, 1.807) is 18.4 Å². The maximum absolute atomic E-state index is 10.6. The Labute approximate surface area is 112 Å². The summed E-state index contributed by atoms with van der Waals surface area (Å²) in [6.07, 6.45) is 1.59. The van der Waals surface area contributed by atoms with Crippen molar-refractivity contribution < 1.29 is 9.84 Å². The molecule has 1 heterocycles. The number of ether oxygens (including phenoxy) is 1. The van der Waals surface area contributed by atoms with Crippen LogP contribution < -0.4 is 4.74 Å². The molecule has 2 rings (SSSR count). The van der Waals surface area contributed by atoms with Crippen LogP contribution in [0.15, 0.2) is 41.1 Å². The van der Waals surface area contributed by atoms with Gasteiger partial charge < -0.3 is 9.84 Å². The summed E-state index contributed by atoms with van der Waals surface area (Å²) in [6.45, 7) is 1.86. The first-order chi connectivity index (χ1) is 8.62. The molecule has 1 atom stereocenters. The highest BCUT2D eigenvalue weighted by molar-refractivity contribution is 7.07. The van der Waals surface area contributed by atoms with Crippen LogP contribution in [0.2, 0.25) is 0 Å². The van der Waals surface area contributed by atoms with E-state index in [-0.39, 0.29) is 0 Å². The van der Waals surface area contributed by atoms with Crippen LogP contribution in [-0.4, -0.2) is 12.2 Å². The van der Waals surface area contributed by atoms with E-state index in [2.05, 4.69) is 16.8 Å². The first-order valence-corrected chi connectivity index (χ1v) is 6.94. The van der Waals surface area contributed by atoms with Gasteiger partial charge in [-0.05, 0) is 59.9 Å². The van der Waals surface area contributed by atoms with E-state index >= 15 is 0 Å². The van der Waals surface area contributed by atoms with Crippen LogP contribution in [-0.2, 0) is 12.0 Å². The minimum absolute atomic E-state index is 0.705. The first-order valence-electron chi connectivity index (χ1n) is 6.00. The first kappa shape index (κ1) is 13.1. The number of methoxy groups -OCH3 is 1. The van der Waals surface area contributed by atoms with Gasteiger partial charge in [-0.15, -0.1) is 0 Å². The summed E-state index contributed by atoms with van der Waals surface area (Å²) < 4.78 is 5.19. The Morgan fingerprint density at radius 2 is 2.17 bits per heavy atom. The molecular weight excluding hydrogens is 244 g/mol. The molecular formula is C15H18O2S. The van der Waals surface area contributed by atoms with Gasteiger partial charge in [0.1, 0.15) is 5.75 Å². The van der Waals surface area contributed by atoms with Crippen LogP contribution in [0, 0.1) is 0 Å². The Morgan fingerprint density at radius 3 is 2.83 bits per heavy atom. The maximum Gasteiger partial charge on any atom is 0.119 e. The van der Waals surface area contributed by atoms with E-state index in [0.29, 0.717) is 6.42 Å². The van der Waals surface area contributed by atoms with Crippen molar-refractivity contribution in [3.63, 3.8) is 0 Å². The molecule has 1 aromatic carbocycles. The van der Waals surface area contributed by atoms with Gasteiger partial charge in [-0.1, -0.05) is 12.1 Å². The molecule has 0 radical (unpaired) electrons. The van der Waals surface area contributed by atoms with Crippen molar-refractivity contribution in [2.75, 3.05) is 7.11 Å². The van der Waals surface area contributed by atoms with Crippen LogP contribution in [0.4, 0.5) is 0 Å². The summed E-state index contributed by atoms with van der Waals surface area (Å²) in [5, 5.41) is 14.7. The molecule has 0 aliphatic heterocycles. The SMILES string of the molecule is COc1cccc(C(C)(O)CCc2ccsc2)c1. The van der Waals surface area contributed by atoms with Crippen LogP contribution in [0.5, 0.6) is 5.75 Å². The number of hydrogen-bond acceptors (Lipinski definition) is 3. The second-order valence-electron chi connectivity index (χ2n) is 4.64. The predicted octanol–water partition coefficient (Wildman–Crippen LogP) is 3.60. The molecule has 0 aliphatic carbocycles. The van der Waals surface area contributed by atoms with Gasteiger partial charge in [-0.3, -0.25) is 0 Å². The molecule has 0 saturated heterocycles. The van der Waals surface area contributed by atoms with Crippen molar-refractivity contribution in [3.05, 3.63) is 52.2 Å². The fourth-order valence-corrected chi connectivity index (χ4v) is 2.63. The Bertz CT molecular complexity index is 489. The summed E-state index contributed by atoms with van der Waals surface area (Å²) in [5.41, 5.74) is 1.36. The third-order valence-electron chi connectivity index (χ3n) is 3.17. The number of rotatable bonds is 5. The minimum Gasteiger partial charge on any atom is -0.497 e. The van der Waals surface area contributed by atoms with Gasteiger partial charge in [-0.2, -0.15) is 11.3 Å². The van der Waals surface area contributed by atoms with E-state index in [4.69, 9.17) is 4.74 Å². The summed E-state index contributed by atoms with van der Waals surface area (Å²) in [6, 6.07) is 9.74. The van der Waals surface area contributed by atoms with Gasteiger partial charge in [0.15, 0.2) is 0 Å². The third-order valence-corrected chi connectivity index (χ3v) is 3.90. The summed E-state index contributed by atoms with van der Waals surface area (Å²) in [7, 11) is 1.64. The highest BCUT2D eigenvalue weighted by Crippen LogP contribution is 2.29. The molecule has 1 aromatic heterocycles. The van der Waals surface area contributed by atoms with Gasteiger partial charge >= 0.3 is 0 Å². The number of aliphatic hydroxyl groups is 1. The van der Waals surface area contributed by atoms with Gasteiger partial charge in [0.2, 0.25) is 0 Å². The third kappa shape index (κ3) is 3.12. The lowest BCUT2D eigenvalue weighted by atomic mass is 9.90. The van der Waals surface area contributed by atoms with Crippen LogP contribution in [0.3, 0.4) is 0 Å². The van der Waals surface area contributed by atoms with Gasteiger partial charge in [0.05, 0.1) is 12.7 Å². The van der Waals surface area contributed by atoms with E-state index in [0.717, 1.165) is 17.7 Å². The molecule has 0 bridgehead atoms. The Morgan fingerprint density at radius 1 is 1.33 bits per heavy atom. The Hall–Kier alpha value is -1.32. The smallest absolute Gasteiger partial charge is 0.119 e. The standard InChI is InChI=1S/C15H18O2S/c1-15(16,8-6-12-7-9-18-11-12)13-4-3-5-14(10-13)17-2/h3-5,7,9-11,16H,6,8H2,1-2H3. The quantitative estimate of drug-likeness (QED) is 0.892. The molecule has 2 aromatic rings. The fourth-order valence-electron chi connectivity index (χ4n) is 1.93. The zero-order valence-corrected chi connectivity index (χ0v) is 11.5. The second kappa shape index (κ2) is 5.55. The molecule has 1 N–H and O–H groups in total. The predicted molar refractivity (Wildman–Crippen MR) is 75.2 cm³/mol. The minimum atomic E-state index is -0.823. The Balaban J connectivity index is 2.09. The average molecular weight is 262 g/mol. The summed E-state index contributed by atoms with van der Waals surface area (Å²) in [4.78, 5) is 0. The highest BCUT2D eigenvalue weighted by atomic mass is 32.1. The monoisotopic (exact) mass is 262 g/mol. The summed E-state index contributed by atoms with van der Waals surface area (Å²) >= 11 is 1.69. The molecule has 0 spiro atoms. The molecule has 0 amide bonds. The lowest BCUT2D eigenvalue weighted by Crippen LogP contribution is -2.21. The normalized spacial score (nSPS) is 14.2. The number of benzene rings is 1. The lowest BCUT2D eigenvalue weighted by molar-refractivity contribution is 0.0478. The van der Waals surface area contributed by atoms with Gasteiger partial charge in [0, 0.05) is 0 Å². The molecule has 0 saturated carbocycles. The molecule has 96 valence electrons. The van der Waals surface area contributed by atoms with Crippen molar-refractivity contribution in [1.29, 1.82) is 0 Å². The van der Waals surface area contributed by atoms with Crippen molar-refractivity contribution in [2.24, 2.45) is 0 Å². The van der Waals surface area contributed by atoms with Crippen LogP contribution >= 0.6 is 11.3 Å². The molecule has 3 heteroatoms. The zero-order chi connectivity index (χ0) is 13.0. The van der Waals surface area contributed by atoms with E-state index in [1.165, 1.54) is 5.56 Å². The van der Waals surface area contributed by atoms with Gasteiger partial charge in [0.25, 0.3) is 0 Å². The number of thiophene rings is 1. The van der Waals surface area contributed by atoms with E-state index in [1.807, 2.05) is 31.2 Å². The molecule has 18 heavy (non-hydrogen) atoms. The zero-order valence-electron chi connectivity index (χ0n) is 10.7. The Kier molecular flexibility index (Phi) is 4.04.